The van der Waals surface area contributed by atoms with Crippen LogP contribution < -0.4 is 16.4 Å². The summed E-state index contributed by atoms with van der Waals surface area (Å²) in [6.07, 6.45) is 5.81. The lowest BCUT2D eigenvalue weighted by Crippen LogP contribution is -2.52. The molecule has 1 fully saturated rings. The molecule has 4 N–H and O–H groups in total. The Labute approximate surface area is 158 Å². The lowest BCUT2D eigenvalue weighted by molar-refractivity contribution is -0.136. The van der Waals surface area contributed by atoms with E-state index in [1.165, 1.54) is 0 Å². The zero-order chi connectivity index (χ0) is 19.0. The maximum Gasteiger partial charge on any atom is 0.255 e. The zero-order valence-electron chi connectivity index (χ0n) is 15.1. The van der Waals surface area contributed by atoms with Crippen molar-refractivity contribution in [1.82, 2.24) is 15.5 Å². The first-order valence-corrected chi connectivity index (χ1v) is 9.43. The van der Waals surface area contributed by atoms with E-state index in [2.05, 4.69) is 16.7 Å². The highest BCUT2D eigenvalue weighted by Gasteiger charge is 2.39. The van der Waals surface area contributed by atoms with Crippen LogP contribution in [-0.2, 0) is 22.7 Å². The van der Waals surface area contributed by atoms with Crippen molar-refractivity contribution in [3.05, 3.63) is 47.0 Å². The standard InChI is InChI=1S/C20H24N4O3/c21-14-5-4-12(8-14)9-22-10-13-2-1-3-15-16(13)11-24(20(15)27)17-6-7-18(25)23-19(17)26/h1-5,12,14,17,22H,6-11,21H2,(H,23,25,26)/t12-,14+,17?/m0/s1. The Hall–Kier alpha value is -2.51. The number of hydrogen-bond donors (Lipinski definition) is 3. The van der Waals surface area contributed by atoms with Crippen LogP contribution in [0, 0.1) is 5.92 Å². The highest BCUT2D eigenvalue weighted by atomic mass is 16.2. The lowest BCUT2D eigenvalue weighted by atomic mass is 10.0. The van der Waals surface area contributed by atoms with Crippen molar-refractivity contribution >= 4 is 17.7 Å². The van der Waals surface area contributed by atoms with Crippen molar-refractivity contribution in [3.8, 4) is 0 Å². The van der Waals surface area contributed by atoms with Crippen LogP contribution in [-0.4, -0.2) is 41.2 Å². The number of fused-ring (bicyclic) bond motifs is 1. The molecule has 1 unspecified atom stereocenters. The number of benzene rings is 1. The summed E-state index contributed by atoms with van der Waals surface area (Å²) in [5.41, 5.74) is 8.59. The van der Waals surface area contributed by atoms with Gasteiger partial charge in [0.1, 0.15) is 6.04 Å². The molecule has 0 saturated carbocycles. The maximum absolute atomic E-state index is 12.8. The first kappa shape index (κ1) is 17.9. The van der Waals surface area contributed by atoms with Crippen molar-refractivity contribution < 1.29 is 14.4 Å². The van der Waals surface area contributed by atoms with E-state index in [-0.39, 0.29) is 30.2 Å². The predicted molar refractivity (Wildman–Crippen MR) is 99.4 cm³/mol. The molecule has 27 heavy (non-hydrogen) atoms. The lowest BCUT2D eigenvalue weighted by Gasteiger charge is -2.29. The molecule has 7 heteroatoms. The minimum atomic E-state index is -0.575. The van der Waals surface area contributed by atoms with E-state index in [0.717, 1.165) is 24.1 Å². The van der Waals surface area contributed by atoms with Crippen LogP contribution in [0.25, 0.3) is 0 Å². The molecule has 1 saturated heterocycles. The van der Waals surface area contributed by atoms with E-state index >= 15 is 0 Å². The monoisotopic (exact) mass is 368 g/mol. The van der Waals surface area contributed by atoms with E-state index in [4.69, 9.17) is 5.73 Å². The van der Waals surface area contributed by atoms with Gasteiger partial charge in [-0.2, -0.15) is 0 Å². The van der Waals surface area contributed by atoms with E-state index in [1.54, 1.807) is 4.90 Å². The van der Waals surface area contributed by atoms with Crippen LogP contribution in [0.2, 0.25) is 0 Å². The summed E-state index contributed by atoms with van der Waals surface area (Å²) < 4.78 is 0. The summed E-state index contributed by atoms with van der Waals surface area (Å²) in [4.78, 5) is 37.9. The molecule has 4 rings (SSSR count). The van der Waals surface area contributed by atoms with Gasteiger partial charge in [-0.1, -0.05) is 24.3 Å². The first-order chi connectivity index (χ1) is 13.0. The average Bonchev–Trinajstić information content (AvgIpc) is 3.19. The smallest absolute Gasteiger partial charge is 0.255 e. The second-order valence-corrected chi connectivity index (χ2v) is 7.52. The van der Waals surface area contributed by atoms with Crippen LogP contribution in [0.15, 0.2) is 30.4 Å². The number of nitrogens with two attached hydrogens (primary N) is 1. The van der Waals surface area contributed by atoms with Gasteiger partial charge >= 0.3 is 0 Å². The summed E-state index contributed by atoms with van der Waals surface area (Å²) in [7, 11) is 0. The van der Waals surface area contributed by atoms with Crippen molar-refractivity contribution in [2.75, 3.05) is 6.54 Å². The Balaban J connectivity index is 1.43. The molecule has 0 spiro atoms. The molecular formula is C20H24N4O3. The summed E-state index contributed by atoms with van der Waals surface area (Å²) in [6, 6.07) is 5.29. The third kappa shape index (κ3) is 3.52. The van der Waals surface area contributed by atoms with Gasteiger partial charge in [0.05, 0.1) is 0 Å². The number of amides is 3. The molecule has 0 bridgehead atoms. The number of rotatable bonds is 5. The third-order valence-corrected chi connectivity index (χ3v) is 5.61. The van der Waals surface area contributed by atoms with Crippen LogP contribution in [0.4, 0.5) is 0 Å². The predicted octanol–water partition coefficient (Wildman–Crippen LogP) is 0.441. The van der Waals surface area contributed by atoms with Crippen molar-refractivity contribution in [3.63, 3.8) is 0 Å². The van der Waals surface area contributed by atoms with Crippen LogP contribution in [0.3, 0.4) is 0 Å². The molecule has 7 nitrogen and oxygen atoms in total. The molecule has 2 heterocycles. The number of hydrogen-bond acceptors (Lipinski definition) is 5. The molecule has 3 atom stereocenters. The third-order valence-electron chi connectivity index (χ3n) is 5.61. The summed E-state index contributed by atoms with van der Waals surface area (Å²) in [6.45, 7) is 1.92. The quantitative estimate of drug-likeness (QED) is 0.517. The molecular weight excluding hydrogens is 344 g/mol. The second kappa shape index (κ2) is 7.25. The normalized spacial score (nSPS) is 27.2. The molecule has 3 amide bonds. The van der Waals surface area contributed by atoms with Crippen molar-refractivity contribution in [2.24, 2.45) is 11.7 Å². The Morgan fingerprint density at radius 1 is 1.22 bits per heavy atom. The summed E-state index contributed by atoms with van der Waals surface area (Å²) in [5.74, 6) is -0.341. The fourth-order valence-electron chi connectivity index (χ4n) is 4.17. The maximum atomic E-state index is 12.8. The minimum Gasteiger partial charge on any atom is -0.324 e. The van der Waals surface area contributed by atoms with Gasteiger partial charge in [0.2, 0.25) is 11.8 Å². The molecule has 0 radical (unpaired) electrons. The van der Waals surface area contributed by atoms with E-state index in [0.29, 0.717) is 31.0 Å². The number of nitrogens with one attached hydrogen (secondary N) is 2. The first-order valence-electron chi connectivity index (χ1n) is 9.43. The summed E-state index contributed by atoms with van der Waals surface area (Å²) >= 11 is 0. The van der Waals surface area contributed by atoms with Gasteiger partial charge in [0, 0.05) is 37.7 Å². The van der Waals surface area contributed by atoms with Gasteiger partial charge in [-0.25, -0.2) is 0 Å². The minimum absolute atomic E-state index is 0.133. The van der Waals surface area contributed by atoms with Gasteiger partial charge in [0.15, 0.2) is 0 Å². The second-order valence-electron chi connectivity index (χ2n) is 7.52. The fraction of sp³-hybridized carbons (Fsp3) is 0.450. The Kier molecular flexibility index (Phi) is 4.80. The highest BCUT2D eigenvalue weighted by molar-refractivity contribution is 6.05. The van der Waals surface area contributed by atoms with E-state index < -0.39 is 6.04 Å². The average molecular weight is 368 g/mol. The van der Waals surface area contributed by atoms with Crippen LogP contribution in [0.5, 0.6) is 0 Å². The van der Waals surface area contributed by atoms with Crippen molar-refractivity contribution in [1.29, 1.82) is 0 Å². The Bertz CT molecular complexity index is 819. The van der Waals surface area contributed by atoms with Gasteiger partial charge in [-0.05, 0) is 36.0 Å². The number of carbonyl (C=O) groups excluding carboxylic acids is 3. The Morgan fingerprint density at radius 3 is 2.81 bits per heavy atom. The van der Waals surface area contributed by atoms with E-state index in [1.807, 2.05) is 24.3 Å². The number of nitrogens with zero attached hydrogens (tertiary/aromatic N) is 1. The highest BCUT2D eigenvalue weighted by Crippen LogP contribution is 2.29. The topological polar surface area (TPSA) is 105 Å². The summed E-state index contributed by atoms with van der Waals surface area (Å²) in [5, 5.41) is 5.79. The fourth-order valence-corrected chi connectivity index (χ4v) is 4.17. The van der Waals surface area contributed by atoms with Gasteiger partial charge in [-0.15, -0.1) is 0 Å². The zero-order valence-corrected chi connectivity index (χ0v) is 15.1. The van der Waals surface area contributed by atoms with Crippen LogP contribution in [0.1, 0.15) is 40.7 Å². The molecule has 1 aromatic carbocycles. The molecule has 3 aliphatic rings. The van der Waals surface area contributed by atoms with Crippen molar-refractivity contribution in [2.45, 2.75) is 44.4 Å². The van der Waals surface area contributed by atoms with Gasteiger partial charge < -0.3 is 16.0 Å². The van der Waals surface area contributed by atoms with Crippen LogP contribution >= 0.6 is 0 Å². The van der Waals surface area contributed by atoms with Gasteiger partial charge in [-0.3, -0.25) is 19.7 Å². The molecule has 1 aliphatic carbocycles. The number of carbonyl (C=O) groups is 3. The molecule has 1 aromatic rings. The number of piperidine rings is 1. The van der Waals surface area contributed by atoms with E-state index in [9.17, 15) is 14.4 Å². The SMILES string of the molecule is N[C@@H]1C=C[C@H](CNCc2cccc3c2CN(C2CCC(=O)NC2=O)C3=O)C1. The van der Waals surface area contributed by atoms with Gasteiger partial charge in [0.25, 0.3) is 5.91 Å². The number of imide groups is 1. The molecule has 142 valence electrons. The Morgan fingerprint density at radius 2 is 2.07 bits per heavy atom. The molecule has 2 aliphatic heterocycles. The molecule has 0 aromatic heterocycles. The largest absolute Gasteiger partial charge is 0.324 e.